The van der Waals surface area contributed by atoms with Crippen molar-refractivity contribution in [2.75, 3.05) is 0 Å². The van der Waals surface area contributed by atoms with Crippen LogP contribution >= 0.6 is 11.6 Å². The van der Waals surface area contributed by atoms with Crippen LogP contribution in [0.25, 0.3) is 0 Å². The zero-order valence-electron chi connectivity index (χ0n) is 15.9. The van der Waals surface area contributed by atoms with E-state index in [0.717, 1.165) is 18.2 Å². The van der Waals surface area contributed by atoms with Crippen LogP contribution in [0.15, 0.2) is 42.5 Å². The molecule has 2 aromatic rings. The highest BCUT2D eigenvalue weighted by molar-refractivity contribution is 6.32. The molecule has 166 valence electrons. The van der Waals surface area contributed by atoms with Crippen molar-refractivity contribution in [1.82, 2.24) is 5.32 Å². The third kappa shape index (κ3) is 7.18. The van der Waals surface area contributed by atoms with Crippen LogP contribution in [0.1, 0.15) is 34.3 Å². The first-order valence-electron chi connectivity index (χ1n) is 8.88. The van der Waals surface area contributed by atoms with E-state index < -0.39 is 35.6 Å². The van der Waals surface area contributed by atoms with Gasteiger partial charge in [-0.1, -0.05) is 23.7 Å². The Hall–Kier alpha value is -3.27. The van der Waals surface area contributed by atoms with Gasteiger partial charge in [-0.05, 0) is 42.3 Å². The number of alkyl halides is 3. The van der Waals surface area contributed by atoms with Crippen molar-refractivity contribution in [2.24, 2.45) is 5.73 Å². The molecule has 2 rings (SSSR count). The van der Waals surface area contributed by atoms with Gasteiger partial charge in [0.05, 0.1) is 10.6 Å². The predicted molar refractivity (Wildman–Crippen MR) is 105 cm³/mol. The number of carbonyl (C=O) groups is 3. The van der Waals surface area contributed by atoms with Gasteiger partial charge in [-0.15, -0.1) is 0 Å². The summed E-state index contributed by atoms with van der Waals surface area (Å²) >= 11 is 5.84. The van der Waals surface area contributed by atoms with E-state index in [1.54, 1.807) is 6.07 Å². The SMILES string of the molecule is NC(=O)CC[C@H](NC(=O)c1cccc(COc2ccc(C(F)(F)F)cc2Cl)c1)C(=O)O. The van der Waals surface area contributed by atoms with Gasteiger partial charge in [-0.3, -0.25) is 9.59 Å². The van der Waals surface area contributed by atoms with Gasteiger partial charge < -0.3 is 20.9 Å². The van der Waals surface area contributed by atoms with Crippen LogP contribution in [0, 0.1) is 0 Å². The number of rotatable bonds is 9. The molecule has 31 heavy (non-hydrogen) atoms. The number of halogens is 4. The molecule has 11 heteroatoms. The molecule has 0 radical (unpaired) electrons. The Morgan fingerprint density at radius 1 is 1.16 bits per heavy atom. The lowest BCUT2D eigenvalue weighted by atomic mass is 10.1. The van der Waals surface area contributed by atoms with Crippen molar-refractivity contribution >= 4 is 29.4 Å². The molecule has 0 saturated heterocycles. The Labute approximate surface area is 179 Å². The molecule has 0 aromatic heterocycles. The summed E-state index contributed by atoms with van der Waals surface area (Å²) in [4.78, 5) is 34.5. The van der Waals surface area contributed by atoms with Crippen LogP contribution in [0.2, 0.25) is 5.02 Å². The summed E-state index contributed by atoms with van der Waals surface area (Å²) in [6.45, 7) is -0.101. The highest BCUT2D eigenvalue weighted by atomic mass is 35.5. The van der Waals surface area contributed by atoms with E-state index in [4.69, 9.17) is 22.1 Å². The molecule has 2 aromatic carbocycles. The number of carboxylic acids is 1. The predicted octanol–water partition coefficient (Wildman–Crippen LogP) is 3.39. The van der Waals surface area contributed by atoms with Crippen LogP contribution in [-0.4, -0.2) is 28.9 Å². The number of nitrogens with one attached hydrogen (secondary N) is 1. The number of hydrogen-bond acceptors (Lipinski definition) is 4. The Morgan fingerprint density at radius 2 is 1.87 bits per heavy atom. The smallest absolute Gasteiger partial charge is 0.416 e. The average Bonchev–Trinajstić information content (AvgIpc) is 2.69. The molecule has 0 unspecified atom stereocenters. The lowest BCUT2D eigenvalue weighted by molar-refractivity contribution is -0.139. The fourth-order valence-electron chi connectivity index (χ4n) is 2.54. The largest absolute Gasteiger partial charge is 0.487 e. The van der Waals surface area contributed by atoms with Crippen LogP contribution in [0.3, 0.4) is 0 Å². The molecule has 0 bridgehead atoms. The highest BCUT2D eigenvalue weighted by Gasteiger charge is 2.31. The number of ether oxygens (including phenoxy) is 1. The van der Waals surface area contributed by atoms with Gasteiger partial charge in [-0.2, -0.15) is 13.2 Å². The summed E-state index contributed by atoms with van der Waals surface area (Å²) in [6, 6.07) is 7.39. The van der Waals surface area contributed by atoms with Crippen LogP contribution in [0.4, 0.5) is 13.2 Å². The molecule has 0 saturated carbocycles. The molecule has 0 aliphatic rings. The summed E-state index contributed by atoms with van der Waals surface area (Å²) in [5.74, 6) is -2.67. The molecular formula is C20H18ClF3N2O5. The van der Waals surface area contributed by atoms with Gasteiger partial charge in [-0.25, -0.2) is 4.79 Å². The van der Waals surface area contributed by atoms with E-state index in [0.29, 0.717) is 5.56 Å². The zero-order chi connectivity index (χ0) is 23.2. The molecule has 0 aliphatic heterocycles. The van der Waals surface area contributed by atoms with Gasteiger partial charge in [0, 0.05) is 12.0 Å². The van der Waals surface area contributed by atoms with Crippen LogP contribution in [-0.2, 0) is 22.4 Å². The maximum atomic E-state index is 12.7. The number of primary amides is 1. The number of benzene rings is 2. The molecule has 0 aliphatic carbocycles. The topological polar surface area (TPSA) is 119 Å². The third-order valence-electron chi connectivity index (χ3n) is 4.13. The second-order valence-corrected chi connectivity index (χ2v) is 6.91. The van der Waals surface area contributed by atoms with Crippen LogP contribution < -0.4 is 15.8 Å². The highest BCUT2D eigenvalue weighted by Crippen LogP contribution is 2.34. The van der Waals surface area contributed by atoms with Crippen molar-refractivity contribution in [3.05, 3.63) is 64.2 Å². The first kappa shape index (κ1) is 24.0. The minimum absolute atomic E-state index is 0.0296. The minimum Gasteiger partial charge on any atom is -0.487 e. The molecular weight excluding hydrogens is 441 g/mol. The number of amides is 2. The first-order chi connectivity index (χ1) is 14.5. The Morgan fingerprint density at radius 3 is 2.45 bits per heavy atom. The second-order valence-electron chi connectivity index (χ2n) is 6.50. The number of carboxylic acid groups (broad SMARTS) is 1. The van der Waals surface area contributed by atoms with E-state index in [2.05, 4.69) is 5.32 Å². The number of carbonyl (C=O) groups excluding carboxylic acids is 2. The molecule has 0 spiro atoms. The van der Waals surface area contributed by atoms with Crippen molar-refractivity contribution in [1.29, 1.82) is 0 Å². The second kappa shape index (κ2) is 10.2. The fraction of sp³-hybridized carbons (Fsp3) is 0.250. The van der Waals surface area contributed by atoms with Crippen molar-refractivity contribution in [2.45, 2.75) is 31.7 Å². The maximum absolute atomic E-state index is 12.7. The molecule has 0 heterocycles. The van der Waals surface area contributed by atoms with Crippen LogP contribution in [0.5, 0.6) is 5.75 Å². The lowest BCUT2D eigenvalue weighted by Gasteiger charge is -2.14. The Bertz CT molecular complexity index is 982. The standard InChI is InChI=1S/C20H18ClF3N2O5/c21-14-9-13(20(22,23)24)4-6-16(14)31-10-11-2-1-3-12(8-11)18(28)26-15(19(29)30)5-7-17(25)27/h1-4,6,8-9,15H,5,7,10H2,(H2,25,27)(H,26,28)(H,29,30)/t15-/m0/s1. The van der Waals surface area contributed by atoms with E-state index in [1.165, 1.54) is 18.2 Å². The Balaban J connectivity index is 2.05. The third-order valence-corrected chi connectivity index (χ3v) is 4.42. The average molecular weight is 459 g/mol. The molecule has 1 atom stereocenters. The number of hydrogen-bond donors (Lipinski definition) is 3. The van der Waals surface area contributed by atoms with Crippen molar-refractivity contribution < 1.29 is 37.4 Å². The number of nitrogens with two attached hydrogens (primary N) is 1. The fourth-order valence-corrected chi connectivity index (χ4v) is 2.78. The summed E-state index contributed by atoms with van der Waals surface area (Å²) in [5.41, 5.74) is 4.71. The maximum Gasteiger partial charge on any atom is 0.416 e. The van der Waals surface area contributed by atoms with Gasteiger partial charge in [0.2, 0.25) is 5.91 Å². The van der Waals surface area contributed by atoms with E-state index in [-0.39, 0.29) is 35.8 Å². The molecule has 4 N–H and O–H groups in total. The summed E-state index contributed by atoms with van der Waals surface area (Å²) in [6.07, 6.45) is -4.90. The molecule has 0 fully saturated rings. The normalized spacial score (nSPS) is 12.1. The monoisotopic (exact) mass is 458 g/mol. The summed E-state index contributed by atoms with van der Waals surface area (Å²) in [5, 5.41) is 11.3. The number of aliphatic carboxylic acids is 1. The van der Waals surface area contributed by atoms with Crippen molar-refractivity contribution in [3.63, 3.8) is 0 Å². The first-order valence-corrected chi connectivity index (χ1v) is 9.25. The molecule has 2 amide bonds. The zero-order valence-corrected chi connectivity index (χ0v) is 16.7. The summed E-state index contributed by atoms with van der Waals surface area (Å²) in [7, 11) is 0. The van der Waals surface area contributed by atoms with Gasteiger partial charge in [0.25, 0.3) is 5.91 Å². The van der Waals surface area contributed by atoms with Gasteiger partial charge in [0.1, 0.15) is 18.4 Å². The molecule has 7 nitrogen and oxygen atoms in total. The van der Waals surface area contributed by atoms with Gasteiger partial charge in [0.15, 0.2) is 0 Å². The summed E-state index contributed by atoms with van der Waals surface area (Å²) < 4.78 is 43.5. The lowest BCUT2D eigenvalue weighted by Crippen LogP contribution is -2.41. The Kier molecular flexibility index (Phi) is 7.87. The van der Waals surface area contributed by atoms with Crippen molar-refractivity contribution in [3.8, 4) is 5.75 Å². The van der Waals surface area contributed by atoms with E-state index in [9.17, 15) is 32.7 Å². The quantitative estimate of drug-likeness (QED) is 0.532. The minimum atomic E-state index is -4.53. The van der Waals surface area contributed by atoms with E-state index in [1.807, 2.05) is 0 Å². The van der Waals surface area contributed by atoms with Gasteiger partial charge >= 0.3 is 12.1 Å². The van der Waals surface area contributed by atoms with E-state index >= 15 is 0 Å².